The van der Waals surface area contributed by atoms with Crippen LogP contribution >= 0.6 is 0 Å². The van der Waals surface area contributed by atoms with Crippen LogP contribution in [0.5, 0.6) is 5.75 Å². The minimum absolute atomic E-state index is 0.263. The summed E-state index contributed by atoms with van der Waals surface area (Å²) in [5.41, 5.74) is 6.51. The van der Waals surface area contributed by atoms with E-state index in [0.717, 1.165) is 47.5 Å². The zero-order chi connectivity index (χ0) is 19.3. The minimum Gasteiger partial charge on any atom is -0.494 e. The Hall–Kier alpha value is -2.92. The van der Waals surface area contributed by atoms with E-state index in [2.05, 4.69) is 35.1 Å². The smallest absolute Gasteiger partial charge is 0.165 e. The Morgan fingerprint density at radius 3 is 2.89 bits per heavy atom. The van der Waals surface area contributed by atoms with Crippen LogP contribution in [0.4, 0.5) is 4.39 Å². The summed E-state index contributed by atoms with van der Waals surface area (Å²) in [6.45, 7) is 1.88. The molecule has 1 N–H and O–H groups in total. The number of nitrogens with zero attached hydrogens (tertiary/aromatic N) is 2. The highest BCUT2D eigenvalue weighted by Crippen LogP contribution is 2.34. The fraction of sp³-hybridized carbons (Fsp3) is 0.261. The second-order valence-electron chi connectivity index (χ2n) is 7.54. The van der Waals surface area contributed by atoms with Gasteiger partial charge in [0.1, 0.15) is 0 Å². The maximum absolute atomic E-state index is 14.2. The molecule has 0 bridgehead atoms. The zero-order valence-corrected chi connectivity index (χ0v) is 16.1. The van der Waals surface area contributed by atoms with Gasteiger partial charge in [0.15, 0.2) is 11.6 Å². The Bertz CT molecular complexity index is 1200. The number of hydrogen-bond acceptors (Lipinski definition) is 3. The second kappa shape index (κ2) is 6.60. The maximum atomic E-state index is 14.2. The van der Waals surface area contributed by atoms with E-state index in [0.29, 0.717) is 6.42 Å². The van der Waals surface area contributed by atoms with Gasteiger partial charge in [-0.15, -0.1) is 0 Å². The van der Waals surface area contributed by atoms with E-state index in [1.54, 1.807) is 12.1 Å². The number of ether oxygens (including phenoxy) is 1. The highest BCUT2D eigenvalue weighted by atomic mass is 19.1. The molecule has 0 atom stereocenters. The van der Waals surface area contributed by atoms with E-state index in [1.165, 1.54) is 23.4 Å². The van der Waals surface area contributed by atoms with Gasteiger partial charge in [-0.05, 0) is 42.8 Å². The Morgan fingerprint density at radius 1 is 1.21 bits per heavy atom. The summed E-state index contributed by atoms with van der Waals surface area (Å²) < 4.78 is 19.2. The molecule has 0 unspecified atom stereocenters. The molecule has 0 spiro atoms. The van der Waals surface area contributed by atoms with Crippen molar-refractivity contribution < 1.29 is 9.13 Å². The molecule has 142 valence electrons. The van der Waals surface area contributed by atoms with Crippen LogP contribution in [0.1, 0.15) is 22.5 Å². The lowest BCUT2D eigenvalue weighted by atomic mass is 9.96. The fourth-order valence-corrected chi connectivity index (χ4v) is 4.28. The number of H-pyrrole nitrogens is 1. The number of pyridine rings is 1. The Balaban J connectivity index is 1.71. The van der Waals surface area contributed by atoms with Gasteiger partial charge < -0.3 is 14.6 Å². The molecule has 28 heavy (non-hydrogen) atoms. The summed E-state index contributed by atoms with van der Waals surface area (Å²) >= 11 is 0. The molecule has 1 aliphatic heterocycles. The number of nitrogens with one attached hydrogen (secondary N) is 1. The number of likely N-dealkylation sites (N-methyl/N-ethyl adjacent to an activating group) is 1. The topological polar surface area (TPSA) is 41.1 Å². The zero-order valence-electron chi connectivity index (χ0n) is 16.1. The predicted molar refractivity (Wildman–Crippen MR) is 109 cm³/mol. The summed E-state index contributed by atoms with van der Waals surface area (Å²) in [7, 11) is 3.61. The molecule has 2 aromatic heterocycles. The van der Waals surface area contributed by atoms with Crippen molar-refractivity contribution in [1.29, 1.82) is 0 Å². The van der Waals surface area contributed by atoms with Gasteiger partial charge >= 0.3 is 0 Å². The molecule has 2 aromatic carbocycles. The number of halogens is 1. The average Bonchev–Trinajstić information content (AvgIpc) is 3.08. The van der Waals surface area contributed by atoms with Crippen LogP contribution in [0.3, 0.4) is 0 Å². The van der Waals surface area contributed by atoms with E-state index in [1.807, 2.05) is 12.1 Å². The first-order valence-corrected chi connectivity index (χ1v) is 9.56. The number of fused-ring (bicyclic) bond motifs is 5. The lowest BCUT2D eigenvalue weighted by Crippen LogP contribution is -2.28. The third kappa shape index (κ3) is 2.74. The van der Waals surface area contributed by atoms with Crippen LogP contribution < -0.4 is 4.74 Å². The fourth-order valence-electron chi connectivity index (χ4n) is 4.28. The van der Waals surface area contributed by atoms with Crippen molar-refractivity contribution in [3.8, 4) is 5.75 Å². The summed E-state index contributed by atoms with van der Waals surface area (Å²) in [4.78, 5) is 10.9. The van der Waals surface area contributed by atoms with Gasteiger partial charge in [0, 0.05) is 35.8 Å². The van der Waals surface area contributed by atoms with Crippen molar-refractivity contribution in [2.75, 3.05) is 20.7 Å². The van der Waals surface area contributed by atoms with Crippen molar-refractivity contribution in [3.05, 3.63) is 70.8 Å². The number of benzene rings is 2. The molecule has 0 saturated carbocycles. The van der Waals surface area contributed by atoms with Gasteiger partial charge in [0.2, 0.25) is 0 Å². The van der Waals surface area contributed by atoms with Gasteiger partial charge in [-0.2, -0.15) is 0 Å². The van der Waals surface area contributed by atoms with Crippen molar-refractivity contribution in [3.63, 3.8) is 0 Å². The second-order valence-corrected chi connectivity index (χ2v) is 7.54. The number of hydrogen-bond donors (Lipinski definition) is 1. The Morgan fingerprint density at radius 2 is 2.07 bits per heavy atom. The van der Waals surface area contributed by atoms with E-state index in [9.17, 15) is 4.39 Å². The van der Waals surface area contributed by atoms with E-state index in [-0.39, 0.29) is 11.6 Å². The van der Waals surface area contributed by atoms with Crippen molar-refractivity contribution in [2.24, 2.45) is 0 Å². The quantitative estimate of drug-likeness (QED) is 0.575. The van der Waals surface area contributed by atoms with Gasteiger partial charge in [-0.3, -0.25) is 4.98 Å². The highest BCUT2D eigenvalue weighted by Gasteiger charge is 2.22. The first-order valence-electron chi connectivity index (χ1n) is 9.56. The van der Waals surface area contributed by atoms with Crippen LogP contribution in [-0.2, 0) is 19.4 Å². The van der Waals surface area contributed by atoms with Gasteiger partial charge in [0.05, 0.1) is 24.0 Å². The van der Waals surface area contributed by atoms with Gasteiger partial charge in [-0.25, -0.2) is 4.39 Å². The summed E-state index contributed by atoms with van der Waals surface area (Å²) in [6, 6.07) is 13.5. The molecule has 1 aliphatic rings. The van der Waals surface area contributed by atoms with Crippen LogP contribution in [0.15, 0.2) is 42.5 Å². The maximum Gasteiger partial charge on any atom is 0.165 e. The molecule has 0 saturated heterocycles. The SMILES string of the molecule is COc1ccc(Cc2nc3c(c4c2[nH]c2ccccc24)CCN(C)C3)cc1F. The third-order valence-corrected chi connectivity index (χ3v) is 5.67. The lowest BCUT2D eigenvalue weighted by molar-refractivity contribution is 0.308. The summed E-state index contributed by atoms with van der Waals surface area (Å²) in [5, 5.41) is 2.51. The number of methoxy groups -OCH3 is 1. The average molecular weight is 375 g/mol. The normalized spacial score (nSPS) is 14.5. The van der Waals surface area contributed by atoms with Crippen LogP contribution in [0.2, 0.25) is 0 Å². The number of aromatic amines is 1. The molecule has 5 heteroatoms. The molecular formula is C23H22FN3O. The largest absolute Gasteiger partial charge is 0.494 e. The van der Waals surface area contributed by atoms with E-state index >= 15 is 0 Å². The van der Waals surface area contributed by atoms with Crippen molar-refractivity contribution in [1.82, 2.24) is 14.9 Å². The molecular weight excluding hydrogens is 353 g/mol. The molecule has 4 aromatic rings. The third-order valence-electron chi connectivity index (χ3n) is 5.67. The van der Waals surface area contributed by atoms with Gasteiger partial charge in [-0.1, -0.05) is 24.3 Å². The van der Waals surface area contributed by atoms with Crippen LogP contribution in [-0.4, -0.2) is 35.6 Å². The van der Waals surface area contributed by atoms with Crippen molar-refractivity contribution >= 4 is 21.8 Å². The van der Waals surface area contributed by atoms with Gasteiger partial charge in [0.25, 0.3) is 0 Å². The van der Waals surface area contributed by atoms with Crippen LogP contribution in [0.25, 0.3) is 21.8 Å². The minimum atomic E-state index is -0.342. The number of rotatable bonds is 3. The molecule has 0 fully saturated rings. The molecule has 0 radical (unpaired) electrons. The highest BCUT2D eigenvalue weighted by molar-refractivity contribution is 6.10. The molecule has 3 heterocycles. The molecule has 0 amide bonds. The summed E-state index contributed by atoms with van der Waals surface area (Å²) in [5.74, 6) is -0.0786. The Labute approximate surface area is 163 Å². The van der Waals surface area contributed by atoms with E-state index < -0.39 is 0 Å². The first kappa shape index (κ1) is 17.2. The molecule has 0 aliphatic carbocycles. The first-order chi connectivity index (χ1) is 13.6. The Kier molecular flexibility index (Phi) is 4.05. The van der Waals surface area contributed by atoms with Crippen molar-refractivity contribution in [2.45, 2.75) is 19.4 Å². The monoisotopic (exact) mass is 375 g/mol. The standard InChI is InChI=1S/C23H22FN3O/c1-27-10-9-16-20(13-27)25-19(12-14-7-8-21(28-2)17(24)11-14)23-22(16)15-5-3-4-6-18(15)26-23/h3-8,11,26H,9-10,12-13H2,1-2H3. The van der Waals surface area contributed by atoms with E-state index in [4.69, 9.17) is 9.72 Å². The summed E-state index contributed by atoms with van der Waals surface area (Å²) in [6.07, 6.45) is 1.57. The number of para-hydroxylation sites is 1. The molecule has 4 nitrogen and oxygen atoms in total. The predicted octanol–water partition coefficient (Wildman–Crippen LogP) is 4.44. The number of aromatic nitrogens is 2. The van der Waals surface area contributed by atoms with Crippen LogP contribution in [0, 0.1) is 5.82 Å². The lowest BCUT2D eigenvalue weighted by Gasteiger charge is -2.25. The molecule has 5 rings (SSSR count).